The quantitative estimate of drug-likeness (QED) is 0.739. The topological polar surface area (TPSA) is 52.7 Å². The number of likely N-dealkylation sites (tertiary alicyclic amines) is 1. The van der Waals surface area contributed by atoms with Gasteiger partial charge in [-0.1, -0.05) is 54.7 Å². The third-order valence-corrected chi connectivity index (χ3v) is 7.96. The van der Waals surface area contributed by atoms with Crippen LogP contribution in [0.3, 0.4) is 0 Å². The molecule has 0 radical (unpaired) electrons. The molecular formula is C28H37N3O2. The molecule has 176 valence electrons. The molecule has 33 heavy (non-hydrogen) atoms. The lowest BCUT2D eigenvalue weighted by atomic mass is 9.80. The third-order valence-electron chi connectivity index (χ3n) is 7.96. The summed E-state index contributed by atoms with van der Waals surface area (Å²) in [5.74, 6) is -0.0423. The normalized spacial score (nSPS) is 30.8. The van der Waals surface area contributed by atoms with E-state index in [0.29, 0.717) is 0 Å². The van der Waals surface area contributed by atoms with Crippen molar-refractivity contribution in [1.82, 2.24) is 10.2 Å². The van der Waals surface area contributed by atoms with Crippen molar-refractivity contribution in [2.45, 2.75) is 69.4 Å². The van der Waals surface area contributed by atoms with Gasteiger partial charge < -0.3 is 10.2 Å². The molecule has 1 N–H and O–H groups in total. The number of carbonyl (C=O) groups is 2. The minimum Gasteiger partial charge on any atom is -0.359 e. The summed E-state index contributed by atoms with van der Waals surface area (Å²) in [6.07, 6.45) is 13.8. The lowest BCUT2D eigenvalue weighted by Crippen LogP contribution is -2.55. The summed E-state index contributed by atoms with van der Waals surface area (Å²) in [7, 11) is 1.63. The van der Waals surface area contributed by atoms with Crippen LogP contribution in [0.1, 0.15) is 57.9 Å². The molecule has 4 rings (SSSR count). The number of benzene rings is 1. The van der Waals surface area contributed by atoms with E-state index in [-0.39, 0.29) is 29.8 Å². The molecule has 1 aliphatic carbocycles. The third kappa shape index (κ3) is 4.43. The number of rotatable bonds is 4. The highest BCUT2D eigenvalue weighted by atomic mass is 16.2. The maximum atomic E-state index is 13.7. The van der Waals surface area contributed by atoms with Crippen LogP contribution in [-0.2, 0) is 15.0 Å². The van der Waals surface area contributed by atoms with Crippen molar-refractivity contribution in [1.29, 1.82) is 0 Å². The van der Waals surface area contributed by atoms with E-state index >= 15 is 0 Å². The molecule has 0 saturated carbocycles. The molecule has 1 aromatic rings. The molecule has 0 bridgehead atoms. The van der Waals surface area contributed by atoms with Gasteiger partial charge in [-0.2, -0.15) is 0 Å². The van der Waals surface area contributed by atoms with Crippen LogP contribution in [-0.4, -0.2) is 48.4 Å². The SMILES string of the molecule is C=C1/C=C\C=C/C[C@@](C)(N2CCC(N3C(=O)[C@@](C)(CC(=O)NC)c4ccccc43)CC2)CC1. The summed E-state index contributed by atoms with van der Waals surface area (Å²) in [6, 6.07) is 8.17. The molecule has 2 heterocycles. The minimum absolute atomic E-state index is 0.0599. The summed E-state index contributed by atoms with van der Waals surface area (Å²) in [6.45, 7) is 10.4. The van der Waals surface area contributed by atoms with Crippen LogP contribution in [0.25, 0.3) is 0 Å². The van der Waals surface area contributed by atoms with E-state index in [1.54, 1.807) is 7.05 Å². The Hall–Kier alpha value is -2.66. The molecule has 3 aliphatic rings. The minimum atomic E-state index is -0.810. The number of piperidine rings is 1. The number of hydrogen-bond acceptors (Lipinski definition) is 3. The fourth-order valence-corrected chi connectivity index (χ4v) is 5.74. The first-order valence-electron chi connectivity index (χ1n) is 12.2. The van der Waals surface area contributed by atoms with E-state index in [1.807, 2.05) is 36.1 Å². The Bertz CT molecular complexity index is 989. The van der Waals surface area contributed by atoms with Crippen LogP contribution in [0, 0.1) is 0 Å². The highest BCUT2D eigenvalue weighted by molar-refractivity contribution is 6.10. The van der Waals surface area contributed by atoms with Gasteiger partial charge in [0.25, 0.3) is 0 Å². The zero-order valence-electron chi connectivity index (χ0n) is 20.3. The van der Waals surface area contributed by atoms with E-state index in [1.165, 1.54) is 5.57 Å². The number of nitrogens with one attached hydrogen (secondary N) is 1. The second kappa shape index (κ2) is 9.30. The monoisotopic (exact) mass is 447 g/mol. The summed E-state index contributed by atoms with van der Waals surface area (Å²) in [5.41, 5.74) is 2.41. The predicted octanol–water partition coefficient (Wildman–Crippen LogP) is 4.50. The summed E-state index contributed by atoms with van der Waals surface area (Å²) in [5, 5.41) is 2.69. The van der Waals surface area contributed by atoms with E-state index < -0.39 is 5.41 Å². The first kappa shape index (κ1) is 23.5. The van der Waals surface area contributed by atoms with Gasteiger partial charge in [-0.3, -0.25) is 14.5 Å². The number of carbonyl (C=O) groups excluding carboxylic acids is 2. The van der Waals surface area contributed by atoms with E-state index in [4.69, 9.17) is 0 Å². The smallest absolute Gasteiger partial charge is 0.238 e. The largest absolute Gasteiger partial charge is 0.359 e. The Morgan fingerprint density at radius 1 is 1.18 bits per heavy atom. The second-order valence-corrected chi connectivity index (χ2v) is 10.2. The second-order valence-electron chi connectivity index (χ2n) is 10.2. The summed E-state index contributed by atoms with van der Waals surface area (Å²) < 4.78 is 0. The fraction of sp³-hybridized carbons (Fsp3) is 0.500. The Morgan fingerprint density at radius 2 is 1.91 bits per heavy atom. The Labute approximate surface area is 198 Å². The molecule has 5 heteroatoms. The van der Waals surface area contributed by atoms with Crippen molar-refractivity contribution in [3.8, 4) is 0 Å². The molecule has 5 nitrogen and oxygen atoms in total. The fourth-order valence-electron chi connectivity index (χ4n) is 5.74. The van der Waals surface area contributed by atoms with E-state index in [2.05, 4.69) is 48.0 Å². The van der Waals surface area contributed by atoms with E-state index in [9.17, 15) is 9.59 Å². The van der Waals surface area contributed by atoms with Crippen LogP contribution >= 0.6 is 0 Å². The van der Waals surface area contributed by atoms with Crippen molar-refractivity contribution in [3.63, 3.8) is 0 Å². The average Bonchev–Trinajstić information content (AvgIpc) is 3.08. The zero-order chi connectivity index (χ0) is 23.6. The summed E-state index contributed by atoms with van der Waals surface area (Å²) in [4.78, 5) is 30.6. The van der Waals surface area contributed by atoms with Gasteiger partial charge in [-0.25, -0.2) is 0 Å². The molecule has 2 atom stereocenters. The molecule has 1 aromatic carbocycles. The molecule has 0 aromatic heterocycles. The van der Waals surface area contributed by atoms with Crippen LogP contribution < -0.4 is 10.2 Å². The van der Waals surface area contributed by atoms with Crippen LogP contribution in [0.2, 0.25) is 0 Å². The molecule has 1 fully saturated rings. The molecule has 1 saturated heterocycles. The number of allylic oxidation sites excluding steroid dienone is 4. The van der Waals surface area contributed by atoms with Gasteiger partial charge in [0.1, 0.15) is 0 Å². The predicted molar refractivity (Wildman–Crippen MR) is 134 cm³/mol. The highest BCUT2D eigenvalue weighted by Gasteiger charge is 2.50. The van der Waals surface area contributed by atoms with Crippen molar-refractivity contribution < 1.29 is 9.59 Å². The molecule has 2 amide bonds. The van der Waals surface area contributed by atoms with Crippen LogP contribution in [0.15, 0.2) is 60.7 Å². The number of para-hydroxylation sites is 1. The lowest BCUT2D eigenvalue weighted by molar-refractivity contribution is -0.129. The first-order valence-corrected chi connectivity index (χ1v) is 12.2. The van der Waals surface area contributed by atoms with Gasteiger partial charge in [-0.15, -0.1) is 0 Å². The lowest BCUT2D eigenvalue weighted by Gasteiger charge is -2.46. The van der Waals surface area contributed by atoms with Crippen molar-refractivity contribution in [2.24, 2.45) is 0 Å². The average molecular weight is 448 g/mol. The highest BCUT2D eigenvalue weighted by Crippen LogP contribution is 2.46. The molecule has 0 unspecified atom stereocenters. The molecular weight excluding hydrogens is 410 g/mol. The zero-order valence-corrected chi connectivity index (χ0v) is 20.3. The van der Waals surface area contributed by atoms with Crippen LogP contribution in [0.5, 0.6) is 0 Å². The van der Waals surface area contributed by atoms with Gasteiger partial charge in [0, 0.05) is 43.8 Å². The standard InChI is InChI=1S/C28H37N3O2/c1-21-10-6-5-9-16-27(2,17-13-21)30-18-14-22(15-19-30)31-24-12-8-7-11-23(24)28(3,26(31)33)20-25(32)29-4/h5-12,22H,1,13-20H2,2-4H3,(H,29,32)/b9-5-,10-6-/t27-,28+/m1/s1. The van der Waals surface area contributed by atoms with Gasteiger partial charge >= 0.3 is 0 Å². The van der Waals surface area contributed by atoms with Crippen molar-refractivity contribution in [3.05, 3.63) is 66.3 Å². The molecule has 0 spiro atoms. The van der Waals surface area contributed by atoms with E-state index in [0.717, 1.165) is 56.4 Å². The van der Waals surface area contributed by atoms with Gasteiger partial charge in [0.2, 0.25) is 11.8 Å². The number of anilines is 1. The number of fused-ring (bicyclic) bond motifs is 1. The Balaban J connectivity index is 1.51. The Kier molecular flexibility index (Phi) is 6.62. The van der Waals surface area contributed by atoms with Crippen molar-refractivity contribution in [2.75, 3.05) is 25.0 Å². The number of nitrogens with zero attached hydrogens (tertiary/aromatic N) is 2. The summed E-state index contributed by atoms with van der Waals surface area (Å²) >= 11 is 0. The maximum absolute atomic E-state index is 13.7. The molecule has 2 aliphatic heterocycles. The maximum Gasteiger partial charge on any atom is 0.238 e. The van der Waals surface area contributed by atoms with Crippen LogP contribution in [0.4, 0.5) is 5.69 Å². The number of hydrogen-bond donors (Lipinski definition) is 1. The van der Waals surface area contributed by atoms with Crippen molar-refractivity contribution >= 4 is 17.5 Å². The van der Waals surface area contributed by atoms with Gasteiger partial charge in [-0.05, 0) is 57.6 Å². The van der Waals surface area contributed by atoms with Gasteiger partial charge in [0.15, 0.2) is 0 Å². The first-order chi connectivity index (χ1) is 15.8. The number of amides is 2. The van der Waals surface area contributed by atoms with Gasteiger partial charge in [0.05, 0.1) is 5.41 Å². The Morgan fingerprint density at radius 3 is 2.64 bits per heavy atom.